The normalized spacial score (nSPS) is 24.1. The number of ether oxygens (including phenoxy) is 1. The summed E-state index contributed by atoms with van der Waals surface area (Å²) in [6.45, 7) is 2.85. The van der Waals surface area contributed by atoms with E-state index in [4.69, 9.17) is 4.74 Å². The van der Waals surface area contributed by atoms with Crippen molar-refractivity contribution in [3.8, 4) is 0 Å². The minimum absolute atomic E-state index is 0.178. The minimum atomic E-state index is -1.09. The van der Waals surface area contributed by atoms with Gasteiger partial charge in [0.05, 0.1) is 19.6 Å². The Bertz CT molecular complexity index is 521. The third-order valence-corrected chi connectivity index (χ3v) is 4.50. The third kappa shape index (κ3) is 5.06. The zero-order chi connectivity index (χ0) is 16.7. The first-order valence-corrected chi connectivity index (χ1v) is 8.18. The van der Waals surface area contributed by atoms with Crippen molar-refractivity contribution < 1.29 is 19.4 Å². The van der Waals surface area contributed by atoms with Gasteiger partial charge >= 0.3 is 5.97 Å². The van der Waals surface area contributed by atoms with Crippen molar-refractivity contribution in [3.05, 3.63) is 35.9 Å². The number of nitrogens with one attached hydrogen (secondary N) is 1. The standard InChI is InChI=1S/C18H25NO4/c1-14-7-10-18(11-8-14,17(21)22)19-16(20)9-12-23-13-15-5-3-2-4-6-15/h2-6,14H,7-13H2,1H3,(H,19,20)(H,21,22). The van der Waals surface area contributed by atoms with Crippen molar-refractivity contribution in [2.75, 3.05) is 6.61 Å². The Morgan fingerprint density at radius 3 is 2.52 bits per heavy atom. The molecule has 2 N–H and O–H groups in total. The summed E-state index contributed by atoms with van der Waals surface area (Å²) in [5.41, 5.74) is -0.0422. The summed E-state index contributed by atoms with van der Waals surface area (Å²) in [5.74, 6) is -0.661. The molecule has 0 aromatic heterocycles. The van der Waals surface area contributed by atoms with Gasteiger partial charge in [-0.3, -0.25) is 4.79 Å². The van der Waals surface area contributed by atoms with E-state index in [1.807, 2.05) is 30.3 Å². The SMILES string of the molecule is CC1CCC(NC(=O)CCOCc2ccccc2)(C(=O)O)CC1. The van der Waals surface area contributed by atoms with Crippen molar-refractivity contribution >= 4 is 11.9 Å². The number of hydrogen-bond acceptors (Lipinski definition) is 3. The highest BCUT2D eigenvalue weighted by Gasteiger charge is 2.42. The molecule has 5 nitrogen and oxygen atoms in total. The molecule has 0 unspecified atom stereocenters. The van der Waals surface area contributed by atoms with Crippen molar-refractivity contribution in [1.82, 2.24) is 5.32 Å². The molecule has 0 spiro atoms. The molecule has 0 saturated heterocycles. The van der Waals surface area contributed by atoms with Gasteiger partial charge in [0, 0.05) is 0 Å². The Balaban J connectivity index is 1.75. The fourth-order valence-electron chi connectivity index (χ4n) is 2.91. The van der Waals surface area contributed by atoms with Gasteiger partial charge in [0.15, 0.2) is 0 Å². The number of carbonyl (C=O) groups is 2. The lowest BCUT2D eigenvalue weighted by Gasteiger charge is -2.36. The van der Waals surface area contributed by atoms with Crippen LogP contribution in [0.5, 0.6) is 0 Å². The lowest BCUT2D eigenvalue weighted by Crippen LogP contribution is -2.56. The molecule has 1 amide bonds. The van der Waals surface area contributed by atoms with E-state index in [-0.39, 0.29) is 18.9 Å². The second-order valence-electron chi connectivity index (χ2n) is 6.41. The maximum Gasteiger partial charge on any atom is 0.329 e. The molecule has 1 aromatic carbocycles. The smallest absolute Gasteiger partial charge is 0.329 e. The van der Waals surface area contributed by atoms with Gasteiger partial charge in [-0.1, -0.05) is 37.3 Å². The summed E-state index contributed by atoms with van der Waals surface area (Å²) in [6.07, 6.45) is 2.84. The van der Waals surface area contributed by atoms with E-state index >= 15 is 0 Å². The average molecular weight is 319 g/mol. The molecule has 1 aliphatic carbocycles. The fraction of sp³-hybridized carbons (Fsp3) is 0.556. The predicted molar refractivity (Wildman–Crippen MR) is 86.9 cm³/mol. The largest absolute Gasteiger partial charge is 0.480 e. The Morgan fingerprint density at radius 2 is 1.91 bits per heavy atom. The maximum atomic E-state index is 12.1. The van der Waals surface area contributed by atoms with Gasteiger partial charge < -0.3 is 15.2 Å². The second kappa shape index (κ2) is 8.11. The van der Waals surface area contributed by atoms with Gasteiger partial charge in [0.1, 0.15) is 5.54 Å². The van der Waals surface area contributed by atoms with Crippen LogP contribution in [0.2, 0.25) is 0 Å². The number of rotatable bonds is 7. The van der Waals surface area contributed by atoms with Crippen molar-refractivity contribution in [2.45, 2.75) is 51.2 Å². The highest BCUT2D eigenvalue weighted by atomic mass is 16.5. The van der Waals surface area contributed by atoms with Crippen LogP contribution in [-0.4, -0.2) is 29.1 Å². The summed E-state index contributed by atoms with van der Waals surface area (Å²) < 4.78 is 5.48. The highest BCUT2D eigenvalue weighted by Crippen LogP contribution is 2.32. The molecule has 2 rings (SSSR count). The summed E-state index contributed by atoms with van der Waals surface area (Å²) in [6, 6.07) is 9.73. The van der Waals surface area contributed by atoms with E-state index in [0.29, 0.717) is 25.4 Å². The van der Waals surface area contributed by atoms with Crippen molar-refractivity contribution in [2.24, 2.45) is 5.92 Å². The number of hydrogen-bond donors (Lipinski definition) is 2. The molecule has 1 fully saturated rings. The van der Waals surface area contributed by atoms with Gasteiger partial charge in [-0.2, -0.15) is 0 Å². The highest BCUT2D eigenvalue weighted by molar-refractivity contribution is 5.87. The third-order valence-electron chi connectivity index (χ3n) is 4.50. The molecule has 0 aliphatic heterocycles. The van der Waals surface area contributed by atoms with Gasteiger partial charge in [-0.05, 0) is 37.2 Å². The maximum absolute atomic E-state index is 12.1. The molecule has 23 heavy (non-hydrogen) atoms. The molecule has 1 aromatic rings. The summed E-state index contributed by atoms with van der Waals surface area (Å²) in [5, 5.41) is 12.2. The number of aliphatic carboxylic acids is 1. The van der Waals surface area contributed by atoms with Crippen molar-refractivity contribution in [3.63, 3.8) is 0 Å². The van der Waals surface area contributed by atoms with Crippen LogP contribution in [0, 0.1) is 5.92 Å². The van der Waals surface area contributed by atoms with Crippen LogP contribution < -0.4 is 5.32 Å². The molecular weight excluding hydrogens is 294 g/mol. The summed E-state index contributed by atoms with van der Waals surface area (Å²) in [4.78, 5) is 23.6. The first kappa shape index (κ1) is 17.5. The van der Waals surface area contributed by atoms with Crippen LogP contribution in [0.25, 0.3) is 0 Å². The van der Waals surface area contributed by atoms with Crippen molar-refractivity contribution in [1.29, 1.82) is 0 Å². The molecule has 1 aliphatic rings. The second-order valence-corrected chi connectivity index (χ2v) is 6.41. The monoisotopic (exact) mass is 319 g/mol. The molecule has 1 saturated carbocycles. The zero-order valence-electron chi connectivity index (χ0n) is 13.6. The van der Waals surface area contributed by atoms with Gasteiger partial charge in [0.25, 0.3) is 0 Å². The first-order chi connectivity index (χ1) is 11.0. The van der Waals surface area contributed by atoms with Gasteiger partial charge in [0.2, 0.25) is 5.91 Å². The van der Waals surface area contributed by atoms with Gasteiger partial charge in [-0.15, -0.1) is 0 Å². The Hall–Kier alpha value is -1.88. The van der Waals surface area contributed by atoms with Crippen LogP contribution in [0.3, 0.4) is 0 Å². The van der Waals surface area contributed by atoms with E-state index in [9.17, 15) is 14.7 Å². The first-order valence-electron chi connectivity index (χ1n) is 8.18. The fourth-order valence-corrected chi connectivity index (χ4v) is 2.91. The molecule has 126 valence electrons. The number of benzene rings is 1. The zero-order valence-corrected chi connectivity index (χ0v) is 13.6. The van der Waals surface area contributed by atoms with E-state index in [2.05, 4.69) is 12.2 Å². The van der Waals surface area contributed by atoms with Crippen LogP contribution in [0.15, 0.2) is 30.3 Å². The summed E-state index contributed by atoms with van der Waals surface area (Å²) in [7, 11) is 0. The van der Waals surface area contributed by atoms with Gasteiger partial charge in [-0.25, -0.2) is 4.79 Å². The van der Waals surface area contributed by atoms with Crippen LogP contribution in [0.4, 0.5) is 0 Å². The molecule has 0 atom stereocenters. The molecule has 0 bridgehead atoms. The Kier molecular flexibility index (Phi) is 6.16. The van der Waals surface area contributed by atoms with E-state index in [1.165, 1.54) is 0 Å². The molecular formula is C18H25NO4. The van der Waals surface area contributed by atoms with Crippen LogP contribution in [-0.2, 0) is 20.9 Å². The van der Waals surface area contributed by atoms with Crippen LogP contribution >= 0.6 is 0 Å². The number of carboxylic acids is 1. The topological polar surface area (TPSA) is 75.6 Å². The lowest BCUT2D eigenvalue weighted by molar-refractivity contribution is -0.149. The lowest BCUT2D eigenvalue weighted by atomic mass is 9.77. The Morgan fingerprint density at radius 1 is 1.26 bits per heavy atom. The number of carboxylic acid groups (broad SMARTS) is 1. The quantitative estimate of drug-likeness (QED) is 0.758. The molecule has 5 heteroatoms. The predicted octanol–water partition coefficient (Wildman–Crippen LogP) is 2.74. The van der Waals surface area contributed by atoms with Crippen LogP contribution in [0.1, 0.15) is 44.6 Å². The van der Waals surface area contributed by atoms with E-state index in [1.54, 1.807) is 0 Å². The number of carbonyl (C=O) groups excluding carboxylic acids is 1. The molecule has 0 radical (unpaired) electrons. The van der Waals surface area contributed by atoms with E-state index in [0.717, 1.165) is 18.4 Å². The Labute approximate surface area is 137 Å². The summed E-state index contributed by atoms with van der Waals surface area (Å²) >= 11 is 0. The van der Waals surface area contributed by atoms with E-state index < -0.39 is 11.5 Å². The molecule has 0 heterocycles. The average Bonchev–Trinajstić information content (AvgIpc) is 2.55. The minimum Gasteiger partial charge on any atom is -0.480 e. The number of amides is 1.